The number of nitrogens with one attached hydrogen (secondary N) is 1. The SMILES string of the molecule is CC(CCO)CNCc1cnc(N(C)C)s1. The number of rotatable bonds is 7. The van der Waals surface area contributed by atoms with Gasteiger partial charge in [0, 0.05) is 38.3 Å². The molecule has 0 aliphatic carbocycles. The predicted molar refractivity (Wildman–Crippen MR) is 69.0 cm³/mol. The van der Waals surface area contributed by atoms with Gasteiger partial charge < -0.3 is 15.3 Å². The van der Waals surface area contributed by atoms with E-state index >= 15 is 0 Å². The summed E-state index contributed by atoms with van der Waals surface area (Å²) < 4.78 is 0. The summed E-state index contributed by atoms with van der Waals surface area (Å²) in [5, 5.41) is 13.2. The Morgan fingerprint density at radius 1 is 1.56 bits per heavy atom. The average Bonchev–Trinajstić information content (AvgIpc) is 2.67. The first-order valence-corrected chi connectivity index (χ1v) is 6.38. The largest absolute Gasteiger partial charge is 0.396 e. The van der Waals surface area contributed by atoms with Crippen LogP contribution in [-0.4, -0.2) is 37.3 Å². The minimum atomic E-state index is 0.272. The molecule has 92 valence electrons. The number of aliphatic hydroxyl groups excluding tert-OH is 1. The first-order chi connectivity index (χ1) is 7.63. The number of thiazole rings is 1. The van der Waals surface area contributed by atoms with Crippen LogP contribution >= 0.6 is 11.3 Å². The molecule has 2 N–H and O–H groups in total. The maximum atomic E-state index is 8.78. The van der Waals surface area contributed by atoms with Gasteiger partial charge in [0.25, 0.3) is 0 Å². The molecule has 1 rings (SSSR count). The maximum absolute atomic E-state index is 8.78. The van der Waals surface area contributed by atoms with E-state index in [1.807, 2.05) is 25.2 Å². The molecule has 16 heavy (non-hydrogen) atoms. The number of hydrogen-bond acceptors (Lipinski definition) is 5. The smallest absolute Gasteiger partial charge is 0.185 e. The lowest BCUT2D eigenvalue weighted by Gasteiger charge is -2.10. The number of aliphatic hydroxyl groups is 1. The normalized spacial score (nSPS) is 12.8. The van der Waals surface area contributed by atoms with Crippen molar-refractivity contribution in [1.82, 2.24) is 10.3 Å². The second kappa shape index (κ2) is 6.83. The minimum Gasteiger partial charge on any atom is -0.396 e. The van der Waals surface area contributed by atoms with Crippen molar-refractivity contribution in [3.63, 3.8) is 0 Å². The highest BCUT2D eigenvalue weighted by Crippen LogP contribution is 2.19. The maximum Gasteiger partial charge on any atom is 0.185 e. The van der Waals surface area contributed by atoms with Gasteiger partial charge in [0.15, 0.2) is 5.13 Å². The van der Waals surface area contributed by atoms with Gasteiger partial charge in [-0.05, 0) is 18.9 Å². The molecule has 0 bridgehead atoms. The molecule has 1 aromatic rings. The van der Waals surface area contributed by atoms with E-state index < -0.39 is 0 Å². The molecule has 1 unspecified atom stereocenters. The van der Waals surface area contributed by atoms with Crippen molar-refractivity contribution < 1.29 is 5.11 Å². The van der Waals surface area contributed by atoms with Crippen LogP contribution in [0.15, 0.2) is 6.20 Å². The van der Waals surface area contributed by atoms with Crippen LogP contribution < -0.4 is 10.2 Å². The molecule has 1 heterocycles. The van der Waals surface area contributed by atoms with Crippen LogP contribution in [0.25, 0.3) is 0 Å². The van der Waals surface area contributed by atoms with Crippen LogP contribution in [0.5, 0.6) is 0 Å². The van der Waals surface area contributed by atoms with E-state index in [1.165, 1.54) is 4.88 Å². The Morgan fingerprint density at radius 2 is 2.31 bits per heavy atom. The van der Waals surface area contributed by atoms with E-state index in [-0.39, 0.29) is 6.61 Å². The van der Waals surface area contributed by atoms with Crippen molar-refractivity contribution in [2.75, 3.05) is 32.1 Å². The van der Waals surface area contributed by atoms with Crippen molar-refractivity contribution in [3.05, 3.63) is 11.1 Å². The minimum absolute atomic E-state index is 0.272. The summed E-state index contributed by atoms with van der Waals surface area (Å²) in [5.41, 5.74) is 0. The predicted octanol–water partition coefficient (Wildman–Crippen LogP) is 1.32. The van der Waals surface area contributed by atoms with E-state index in [9.17, 15) is 0 Å². The summed E-state index contributed by atoms with van der Waals surface area (Å²) in [6.07, 6.45) is 2.78. The Labute approximate surface area is 101 Å². The zero-order chi connectivity index (χ0) is 12.0. The van der Waals surface area contributed by atoms with E-state index in [1.54, 1.807) is 11.3 Å². The third kappa shape index (κ3) is 4.47. The molecule has 0 radical (unpaired) electrons. The third-order valence-corrected chi connectivity index (χ3v) is 3.50. The lowest BCUT2D eigenvalue weighted by molar-refractivity contribution is 0.260. The van der Waals surface area contributed by atoms with Crippen molar-refractivity contribution in [3.8, 4) is 0 Å². The van der Waals surface area contributed by atoms with Gasteiger partial charge in [0.05, 0.1) is 0 Å². The second-order valence-corrected chi connectivity index (χ2v) is 5.35. The van der Waals surface area contributed by atoms with Crippen molar-refractivity contribution in [2.24, 2.45) is 5.92 Å². The number of hydrogen-bond donors (Lipinski definition) is 2. The molecule has 1 atom stereocenters. The first kappa shape index (κ1) is 13.4. The monoisotopic (exact) mass is 243 g/mol. The van der Waals surface area contributed by atoms with Crippen LogP contribution in [0.2, 0.25) is 0 Å². The molecule has 4 nitrogen and oxygen atoms in total. The van der Waals surface area contributed by atoms with Gasteiger partial charge in [-0.15, -0.1) is 11.3 Å². The van der Waals surface area contributed by atoms with Crippen molar-refractivity contribution in [1.29, 1.82) is 0 Å². The fraction of sp³-hybridized carbons (Fsp3) is 0.727. The zero-order valence-corrected chi connectivity index (χ0v) is 11.0. The summed E-state index contributed by atoms with van der Waals surface area (Å²) in [6, 6.07) is 0. The Morgan fingerprint density at radius 3 is 2.88 bits per heavy atom. The van der Waals surface area contributed by atoms with E-state index in [4.69, 9.17) is 5.11 Å². The summed E-state index contributed by atoms with van der Waals surface area (Å²) in [5.74, 6) is 0.520. The van der Waals surface area contributed by atoms with Gasteiger partial charge >= 0.3 is 0 Å². The summed E-state index contributed by atoms with van der Waals surface area (Å²) in [7, 11) is 4.00. The lowest BCUT2D eigenvalue weighted by Crippen LogP contribution is -2.20. The molecule has 0 amide bonds. The molecular weight excluding hydrogens is 222 g/mol. The van der Waals surface area contributed by atoms with Crippen molar-refractivity contribution in [2.45, 2.75) is 19.9 Å². The standard InChI is InChI=1S/C11H21N3OS/c1-9(4-5-15)6-12-7-10-8-13-11(16-10)14(2)3/h8-9,12,15H,4-7H2,1-3H3. The molecule has 5 heteroatoms. The van der Waals surface area contributed by atoms with E-state index in [2.05, 4.69) is 17.2 Å². The molecule has 0 saturated heterocycles. The van der Waals surface area contributed by atoms with Crippen LogP contribution in [0.3, 0.4) is 0 Å². The molecule has 0 fully saturated rings. The topological polar surface area (TPSA) is 48.4 Å². The molecule has 1 aromatic heterocycles. The van der Waals surface area contributed by atoms with Gasteiger partial charge in [-0.2, -0.15) is 0 Å². The van der Waals surface area contributed by atoms with Crippen LogP contribution in [0, 0.1) is 5.92 Å². The molecule has 0 spiro atoms. The van der Waals surface area contributed by atoms with Gasteiger partial charge in [-0.3, -0.25) is 0 Å². The Hall–Kier alpha value is -0.650. The summed E-state index contributed by atoms with van der Waals surface area (Å²) in [6.45, 7) is 4.21. The van der Waals surface area contributed by atoms with Crippen molar-refractivity contribution >= 4 is 16.5 Å². The quantitative estimate of drug-likeness (QED) is 0.758. The van der Waals surface area contributed by atoms with Gasteiger partial charge in [-0.25, -0.2) is 4.98 Å². The van der Waals surface area contributed by atoms with Crippen LogP contribution in [0.1, 0.15) is 18.2 Å². The number of nitrogens with zero attached hydrogens (tertiary/aromatic N) is 2. The molecule has 0 aromatic carbocycles. The second-order valence-electron chi connectivity index (χ2n) is 4.25. The van der Waals surface area contributed by atoms with Gasteiger partial charge in [0.1, 0.15) is 0 Å². The van der Waals surface area contributed by atoms with E-state index in [0.717, 1.165) is 24.6 Å². The third-order valence-electron chi connectivity index (χ3n) is 2.34. The Balaban J connectivity index is 2.26. The highest BCUT2D eigenvalue weighted by molar-refractivity contribution is 7.15. The van der Waals surface area contributed by atoms with Gasteiger partial charge in [-0.1, -0.05) is 6.92 Å². The zero-order valence-electron chi connectivity index (χ0n) is 10.2. The van der Waals surface area contributed by atoms with Gasteiger partial charge in [0.2, 0.25) is 0 Å². The molecule has 0 aliphatic heterocycles. The highest BCUT2D eigenvalue weighted by atomic mass is 32.1. The summed E-state index contributed by atoms with van der Waals surface area (Å²) in [4.78, 5) is 7.58. The van der Waals surface area contributed by atoms with Crippen LogP contribution in [-0.2, 0) is 6.54 Å². The lowest BCUT2D eigenvalue weighted by atomic mass is 10.1. The first-order valence-electron chi connectivity index (χ1n) is 5.57. The highest BCUT2D eigenvalue weighted by Gasteiger charge is 2.04. The molecular formula is C11H21N3OS. The Bertz CT molecular complexity index is 301. The fourth-order valence-corrected chi connectivity index (χ4v) is 2.15. The molecule has 0 saturated carbocycles. The average molecular weight is 243 g/mol. The van der Waals surface area contributed by atoms with Crippen LogP contribution in [0.4, 0.5) is 5.13 Å². The number of anilines is 1. The Kier molecular flexibility index (Phi) is 5.73. The molecule has 0 aliphatic rings. The fourth-order valence-electron chi connectivity index (χ4n) is 1.35. The van der Waals surface area contributed by atoms with E-state index in [0.29, 0.717) is 5.92 Å². The number of aromatic nitrogens is 1. The summed E-state index contributed by atoms with van der Waals surface area (Å²) >= 11 is 1.71.